The van der Waals surface area contributed by atoms with Gasteiger partial charge in [0.15, 0.2) is 0 Å². The van der Waals surface area contributed by atoms with E-state index in [4.69, 9.17) is 6.57 Å². The van der Waals surface area contributed by atoms with Crippen molar-refractivity contribution >= 4 is 34.8 Å². The van der Waals surface area contributed by atoms with Crippen LogP contribution >= 0.6 is 11.3 Å². The summed E-state index contributed by atoms with van der Waals surface area (Å²) in [5, 5.41) is 9.39. The van der Waals surface area contributed by atoms with Crippen molar-refractivity contribution in [2.75, 3.05) is 11.4 Å². The van der Waals surface area contributed by atoms with E-state index in [9.17, 15) is 9.90 Å². The molecule has 180 valence electrons. The van der Waals surface area contributed by atoms with E-state index in [0.29, 0.717) is 0 Å². The van der Waals surface area contributed by atoms with E-state index in [1.54, 1.807) is 17.4 Å². The summed E-state index contributed by atoms with van der Waals surface area (Å²) < 4.78 is 0. The molecule has 35 heavy (non-hydrogen) atoms. The third-order valence-corrected chi connectivity index (χ3v) is 7.84. The molecule has 2 aromatic carbocycles. The van der Waals surface area contributed by atoms with Gasteiger partial charge in [0.25, 0.3) is 5.70 Å². The van der Waals surface area contributed by atoms with Gasteiger partial charge in [0.2, 0.25) is 0 Å². The molecule has 0 saturated carbocycles. The molecule has 0 unspecified atom stereocenters. The van der Waals surface area contributed by atoms with Gasteiger partial charge in [-0.2, -0.15) is 0 Å². The van der Waals surface area contributed by atoms with Crippen LogP contribution in [0, 0.1) is 6.57 Å². The van der Waals surface area contributed by atoms with Crippen molar-refractivity contribution in [2.24, 2.45) is 0 Å². The zero-order valence-corrected chi connectivity index (χ0v) is 21.3. The van der Waals surface area contributed by atoms with Crippen LogP contribution in [0.25, 0.3) is 21.4 Å². The third-order valence-electron chi connectivity index (χ3n) is 6.67. The number of rotatable bonds is 9. The fourth-order valence-electron chi connectivity index (χ4n) is 4.84. The number of aryl methyl sites for hydroxylation is 3. The molecule has 0 radical (unpaired) electrons. The van der Waals surface area contributed by atoms with Crippen LogP contribution in [0.1, 0.15) is 61.1 Å². The monoisotopic (exact) mass is 484 g/mol. The maximum absolute atomic E-state index is 11.5. The molecule has 3 aromatic rings. The van der Waals surface area contributed by atoms with E-state index in [2.05, 4.69) is 72.1 Å². The summed E-state index contributed by atoms with van der Waals surface area (Å²) in [6.45, 7) is 12.6. The topological polar surface area (TPSA) is 44.9 Å². The maximum atomic E-state index is 11.5. The normalized spacial score (nSPS) is 13.1. The Labute approximate surface area is 212 Å². The van der Waals surface area contributed by atoms with Gasteiger partial charge in [0, 0.05) is 27.7 Å². The second-order valence-corrected chi connectivity index (χ2v) is 10.1. The van der Waals surface area contributed by atoms with E-state index >= 15 is 0 Å². The summed E-state index contributed by atoms with van der Waals surface area (Å²) >= 11 is 1.59. The van der Waals surface area contributed by atoms with Crippen molar-refractivity contribution in [1.29, 1.82) is 0 Å². The number of unbranched alkanes of at least 4 members (excludes halogenated alkanes) is 3. The zero-order chi connectivity index (χ0) is 24.8. The van der Waals surface area contributed by atoms with Gasteiger partial charge in [-0.3, -0.25) is 4.79 Å². The van der Waals surface area contributed by atoms with Gasteiger partial charge in [0.05, 0.1) is 6.57 Å². The van der Waals surface area contributed by atoms with Gasteiger partial charge in [-0.05, 0) is 85.2 Å². The SMILES string of the molecule is [C-]#[N+]/C(=C\c1sc(-c2ccc3c(c2)CCc2ccccc2N3CC)cc1CCCCCC)C(=O)O. The number of nitrogens with zero attached hydrogens (tertiary/aromatic N) is 2. The van der Waals surface area contributed by atoms with Crippen LogP contribution < -0.4 is 4.90 Å². The second kappa shape index (κ2) is 11.4. The number of carboxylic acid groups (broad SMARTS) is 1. The van der Waals surface area contributed by atoms with E-state index in [-0.39, 0.29) is 5.70 Å². The van der Waals surface area contributed by atoms with E-state index in [1.807, 2.05) is 0 Å². The number of hydrogen-bond acceptors (Lipinski definition) is 3. The van der Waals surface area contributed by atoms with Gasteiger partial charge in [-0.15, -0.1) is 11.3 Å². The first-order chi connectivity index (χ1) is 17.0. The largest absolute Gasteiger partial charge is 0.486 e. The Morgan fingerprint density at radius 1 is 1.06 bits per heavy atom. The highest BCUT2D eigenvalue weighted by molar-refractivity contribution is 7.16. The molecule has 4 rings (SSSR count). The van der Waals surface area contributed by atoms with E-state index in [1.165, 1.54) is 35.3 Å². The van der Waals surface area contributed by atoms with Crippen molar-refractivity contribution < 1.29 is 9.90 Å². The van der Waals surface area contributed by atoms with Gasteiger partial charge in [-0.1, -0.05) is 50.5 Å². The number of thiophene rings is 1. The summed E-state index contributed by atoms with van der Waals surface area (Å²) in [6.07, 6.45) is 9.05. The van der Waals surface area contributed by atoms with Gasteiger partial charge >= 0.3 is 5.97 Å². The molecule has 2 heterocycles. The minimum absolute atomic E-state index is 0.230. The molecule has 1 aliphatic heterocycles. The molecular formula is C30H32N2O2S. The molecule has 4 nitrogen and oxygen atoms in total. The Bertz CT molecular complexity index is 1280. The van der Waals surface area contributed by atoms with Crippen LogP contribution in [0.3, 0.4) is 0 Å². The smallest absolute Gasteiger partial charge is 0.333 e. The predicted octanol–water partition coefficient (Wildman–Crippen LogP) is 8.14. The van der Waals surface area contributed by atoms with Crippen LogP contribution in [0.4, 0.5) is 11.4 Å². The molecular weight excluding hydrogens is 452 g/mol. The average Bonchev–Trinajstić information content (AvgIpc) is 3.19. The Hall–Kier alpha value is -3.36. The Kier molecular flexibility index (Phi) is 8.05. The molecule has 0 spiro atoms. The first kappa shape index (κ1) is 24.8. The zero-order valence-electron chi connectivity index (χ0n) is 20.5. The van der Waals surface area contributed by atoms with Crippen LogP contribution in [0.15, 0.2) is 54.2 Å². The van der Waals surface area contributed by atoms with Gasteiger partial charge < -0.3 is 10.0 Å². The van der Waals surface area contributed by atoms with Crippen LogP contribution in [0.5, 0.6) is 0 Å². The molecule has 0 bridgehead atoms. The Morgan fingerprint density at radius 3 is 2.57 bits per heavy atom. The number of fused-ring (bicyclic) bond motifs is 2. The van der Waals surface area contributed by atoms with Crippen LogP contribution in [-0.4, -0.2) is 17.6 Å². The van der Waals surface area contributed by atoms with Crippen molar-refractivity contribution in [3.8, 4) is 10.4 Å². The molecule has 1 N–H and O–H groups in total. The quantitative estimate of drug-likeness (QED) is 0.189. The molecule has 1 aliphatic rings. The minimum Gasteiger partial charge on any atom is -0.486 e. The Morgan fingerprint density at radius 2 is 1.83 bits per heavy atom. The van der Waals surface area contributed by atoms with Crippen LogP contribution in [0.2, 0.25) is 0 Å². The minimum atomic E-state index is -1.17. The standard InChI is InChI=1S/C30H32N2O2S/c1-4-6-7-8-12-23-19-28(35-29(23)20-25(31-3)30(33)34)24-16-17-27-22(18-24)15-14-21-11-9-10-13-26(21)32(27)5-2/h9-11,13,16-20H,4-8,12,14-15H2,1-2H3,(H,33,34)/b25-20-. The molecule has 5 heteroatoms. The molecule has 0 amide bonds. The number of aliphatic carboxylic acids is 1. The van der Waals surface area contributed by atoms with E-state index < -0.39 is 5.97 Å². The number of benzene rings is 2. The first-order valence-electron chi connectivity index (χ1n) is 12.5. The molecule has 0 aliphatic carbocycles. The molecule has 0 fully saturated rings. The highest BCUT2D eigenvalue weighted by Crippen LogP contribution is 2.40. The summed E-state index contributed by atoms with van der Waals surface area (Å²) in [4.78, 5) is 19.1. The summed E-state index contributed by atoms with van der Waals surface area (Å²) in [5.74, 6) is -1.17. The lowest BCUT2D eigenvalue weighted by molar-refractivity contribution is -0.132. The van der Waals surface area contributed by atoms with Crippen molar-refractivity contribution in [2.45, 2.75) is 58.8 Å². The van der Waals surface area contributed by atoms with Gasteiger partial charge in [0.1, 0.15) is 0 Å². The maximum Gasteiger partial charge on any atom is 0.333 e. The molecule has 1 aromatic heterocycles. The highest BCUT2D eigenvalue weighted by Gasteiger charge is 2.20. The van der Waals surface area contributed by atoms with Crippen molar-refractivity contribution in [1.82, 2.24) is 0 Å². The third kappa shape index (κ3) is 5.49. The fourth-order valence-corrected chi connectivity index (χ4v) is 5.98. The molecule has 0 saturated heterocycles. The number of para-hydroxylation sites is 1. The summed E-state index contributed by atoms with van der Waals surface area (Å²) in [6, 6.07) is 17.6. The lowest BCUT2D eigenvalue weighted by atomic mass is 10.0. The Balaban J connectivity index is 1.71. The average molecular weight is 485 g/mol. The molecule has 0 atom stereocenters. The van der Waals surface area contributed by atoms with Crippen LogP contribution in [-0.2, 0) is 24.1 Å². The van der Waals surface area contributed by atoms with E-state index in [0.717, 1.165) is 59.5 Å². The van der Waals surface area contributed by atoms with Gasteiger partial charge in [-0.25, -0.2) is 4.85 Å². The predicted molar refractivity (Wildman–Crippen MR) is 146 cm³/mol. The second-order valence-electron chi connectivity index (χ2n) is 8.97. The first-order valence-corrected chi connectivity index (χ1v) is 13.3. The number of carboxylic acids is 1. The number of hydrogen-bond donors (Lipinski definition) is 1. The lowest BCUT2D eigenvalue weighted by Crippen LogP contribution is -2.17. The summed E-state index contributed by atoms with van der Waals surface area (Å²) in [7, 11) is 0. The number of carbonyl (C=O) groups is 1. The fraction of sp³-hybridized carbons (Fsp3) is 0.333. The summed E-state index contributed by atoms with van der Waals surface area (Å²) in [5.41, 5.74) is 7.34. The highest BCUT2D eigenvalue weighted by atomic mass is 32.1. The number of anilines is 2. The lowest BCUT2D eigenvalue weighted by Gasteiger charge is -2.25. The van der Waals surface area contributed by atoms with Crippen molar-refractivity contribution in [3.63, 3.8) is 0 Å². The van der Waals surface area contributed by atoms with Crippen molar-refractivity contribution in [3.05, 3.63) is 87.2 Å².